The number of hydrogen-bond acceptors (Lipinski definition) is 4. The molecule has 2 aromatic rings. The van der Waals surface area contributed by atoms with Gasteiger partial charge in [-0.3, -0.25) is 4.79 Å². The van der Waals surface area contributed by atoms with Crippen molar-refractivity contribution in [3.63, 3.8) is 0 Å². The first-order chi connectivity index (χ1) is 12.1. The number of amides is 2. The van der Waals surface area contributed by atoms with E-state index in [1.54, 1.807) is 22.4 Å². The summed E-state index contributed by atoms with van der Waals surface area (Å²) in [5.41, 5.74) is 0.965. The predicted octanol–water partition coefficient (Wildman–Crippen LogP) is 3.53. The summed E-state index contributed by atoms with van der Waals surface area (Å²) < 4.78 is 0. The molecule has 4 rings (SSSR count). The number of rotatable bonds is 3. The summed E-state index contributed by atoms with van der Waals surface area (Å²) in [7, 11) is 0. The van der Waals surface area contributed by atoms with Gasteiger partial charge in [0.25, 0.3) is 0 Å². The van der Waals surface area contributed by atoms with E-state index in [4.69, 9.17) is 0 Å². The number of carbonyl (C=O) groups excluding carboxylic acids is 1. The molecule has 1 aliphatic heterocycles. The third-order valence-corrected chi connectivity index (χ3v) is 6.22. The number of anilines is 1. The van der Waals surface area contributed by atoms with Gasteiger partial charge in [0.1, 0.15) is 5.01 Å². The average Bonchev–Trinajstić information content (AvgIpc) is 3.31. The van der Waals surface area contributed by atoms with Crippen LogP contribution in [0.5, 0.6) is 0 Å². The number of nitrogens with zero attached hydrogens (tertiary/aromatic N) is 2. The first-order valence-corrected chi connectivity index (χ1v) is 9.26. The van der Waals surface area contributed by atoms with E-state index in [2.05, 4.69) is 10.3 Å². The topological polar surface area (TPSA) is 82.5 Å². The van der Waals surface area contributed by atoms with Crippen molar-refractivity contribution in [2.45, 2.75) is 19.3 Å². The molecule has 0 bridgehead atoms. The molecule has 130 valence electrons. The largest absolute Gasteiger partial charge is 0.481 e. The van der Waals surface area contributed by atoms with E-state index < -0.39 is 11.4 Å². The summed E-state index contributed by atoms with van der Waals surface area (Å²) in [6.45, 7) is 0.825. The van der Waals surface area contributed by atoms with Crippen molar-refractivity contribution in [3.05, 3.63) is 35.8 Å². The van der Waals surface area contributed by atoms with Gasteiger partial charge >= 0.3 is 12.0 Å². The Hall–Kier alpha value is -2.41. The second-order valence-electron chi connectivity index (χ2n) is 6.78. The summed E-state index contributed by atoms with van der Waals surface area (Å²) in [5.74, 6) is -0.693. The number of aromatic nitrogens is 1. The number of nitrogens with one attached hydrogen (secondary N) is 1. The van der Waals surface area contributed by atoms with Crippen LogP contribution in [0, 0.1) is 11.3 Å². The van der Waals surface area contributed by atoms with Crippen molar-refractivity contribution in [1.29, 1.82) is 0 Å². The van der Waals surface area contributed by atoms with Gasteiger partial charge in [0.15, 0.2) is 0 Å². The van der Waals surface area contributed by atoms with Gasteiger partial charge in [-0.25, -0.2) is 9.78 Å². The number of urea groups is 1. The first-order valence-electron chi connectivity index (χ1n) is 8.38. The molecule has 2 amide bonds. The van der Waals surface area contributed by atoms with Crippen molar-refractivity contribution in [3.8, 4) is 10.6 Å². The van der Waals surface area contributed by atoms with Gasteiger partial charge in [0, 0.05) is 35.9 Å². The number of benzene rings is 1. The van der Waals surface area contributed by atoms with E-state index in [-0.39, 0.29) is 11.9 Å². The van der Waals surface area contributed by atoms with Crippen molar-refractivity contribution in [2.24, 2.45) is 11.3 Å². The molecule has 1 aromatic heterocycles. The third-order valence-electron chi connectivity index (χ3n) is 5.40. The maximum Gasteiger partial charge on any atom is 0.321 e. The lowest BCUT2D eigenvalue weighted by atomic mass is 9.81. The van der Waals surface area contributed by atoms with Crippen LogP contribution in [-0.2, 0) is 4.79 Å². The molecule has 25 heavy (non-hydrogen) atoms. The summed E-state index contributed by atoms with van der Waals surface area (Å²) >= 11 is 1.57. The van der Waals surface area contributed by atoms with Crippen LogP contribution in [0.25, 0.3) is 10.6 Å². The maximum atomic E-state index is 12.5. The van der Waals surface area contributed by atoms with Gasteiger partial charge in [-0.15, -0.1) is 11.3 Å². The number of carboxylic acids is 1. The number of aliphatic carboxylic acids is 1. The molecule has 0 spiro atoms. The van der Waals surface area contributed by atoms with Crippen LogP contribution < -0.4 is 5.32 Å². The van der Waals surface area contributed by atoms with Gasteiger partial charge in [0.05, 0.1) is 5.41 Å². The maximum absolute atomic E-state index is 12.5. The fourth-order valence-electron chi connectivity index (χ4n) is 4.06. The van der Waals surface area contributed by atoms with Crippen molar-refractivity contribution in [2.75, 3.05) is 18.4 Å². The fourth-order valence-corrected chi connectivity index (χ4v) is 4.70. The fraction of sp³-hybridized carbons (Fsp3) is 0.389. The summed E-state index contributed by atoms with van der Waals surface area (Å²) in [4.78, 5) is 30.2. The zero-order valence-electron chi connectivity index (χ0n) is 13.6. The van der Waals surface area contributed by atoms with Crippen molar-refractivity contribution < 1.29 is 14.7 Å². The second kappa shape index (κ2) is 6.15. The van der Waals surface area contributed by atoms with Gasteiger partial charge < -0.3 is 15.3 Å². The van der Waals surface area contributed by atoms with Crippen LogP contribution >= 0.6 is 11.3 Å². The molecule has 2 atom stereocenters. The van der Waals surface area contributed by atoms with Crippen LogP contribution in [0.15, 0.2) is 35.8 Å². The van der Waals surface area contributed by atoms with E-state index in [1.165, 1.54) is 0 Å². The van der Waals surface area contributed by atoms with Crippen LogP contribution in [0.1, 0.15) is 19.3 Å². The quantitative estimate of drug-likeness (QED) is 0.880. The summed E-state index contributed by atoms with van der Waals surface area (Å²) in [6, 6.07) is 7.31. The number of carboxylic acid groups (broad SMARTS) is 1. The zero-order valence-corrected chi connectivity index (χ0v) is 14.5. The normalized spacial score (nSPS) is 25.0. The Bertz CT molecular complexity index is 790. The van der Waals surface area contributed by atoms with Crippen LogP contribution in [-0.4, -0.2) is 40.1 Å². The van der Waals surface area contributed by atoms with Crippen LogP contribution in [0.2, 0.25) is 0 Å². The molecule has 0 radical (unpaired) electrons. The molecular formula is C18H19N3O3S. The molecule has 2 N–H and O–H groups in total. The van der Waals surface area contributed by atoms with Gasteiger partial charge in [-0.1, -0.05) is 6.42 Å². The SMILES string of the molecule is O=C(Nc1ccc(-c2nccs2)cc1)N1C[C@@H]2CCC[C@@]2(C(=O)O)C1. The predicted molar refractivity (Wildman–Crippen MR) is 95.6 cm³/mol. The Morgan fingerprint density at radius 1 is 1.32 bits per heavy atom. The van der Waals surface area contributed by atoms with Gasteiger partial charge in [-0.2, -0.15) is 0 Å². The monoisotopic (exact) mass is 357 g/mol. The smallest absolute Gasteiger partial charge is 0.321 e. The highest BCUT2D eigenvalue weighted by molar-refractivity contribution is 7.13. The Morgan fingerprint density at radius 2 is 2.12 bits per heavy atom. The lowest BCUT2D eigenvalue weighted by molar-refractivity contribution is -0.149. The van der Waals surface area contributed by atoms with E-state index >= 15 is 0 Å². The van der Waals surface area contributed by atoms with Gasteiger partial charge in [-0.05, 0) is 43.0 Å². The Labute approximate surface area is 149 Å². The molecule has 0 unspecified atom stereocenters. The van der Waals surface area contributed by atoms with Crippen LogP contribution in [0.4, 0.5) is 10.5 Å². The molecule has 2 fully saturated rings. The standard InChI is InChI=1S/C18H19N3O3S/c22-16(23)18-7-1-2-13(18)10-21(11-18)17(24)20-14-5-3-12(4-6-14)15-19-8-9-25-15/h3-6,8-9,13H,1-2,7,10-11H2,(H,20,24)(H,22,23)/t13-,18+/m0/s1. The minimum absolute atomic E-state index is 0.0722. The summed E-state index contributed by atoms with van der Waals surface area (Å²) in [5, 5.41) is 15.4. The molecule has 1 saturated carbocycles. The van der Waals surface area contributed by atoms with Crippen LogP contribution in [0.3, 0.4) is 0 Å². The van der Waals surface area contributed by atoms with Crippen molar-refractivity contribution >= 4 is 29.0 Å². The Morgan fingerprint density at radius 3 is 2.76 bits per heavy atom. The molecule has 7 heteroatoms. The zero-order chi connectivity index (χ0) is 17.4. The first kappa shape index (κ1) is 16.1. The minimum atomic E-state index is -0.766. The molecule has 1 aromatic carbocycles. The highest BCUT2D eigenvalue weighted by Crippen LogP contribution is 2.48. The number of fused-ring (bicyclic) bond motifs is 1. The third kappa shape index (κ3) is 2.78. The average molecular weight is 357 g/mol. The molecule has 2 aliphatic rings. The van der Waals surface area contributed by atoms with Gasteiger partial charge in [0.2, 0.25) is 0 Å². The highest BCUT2D eigenvalue weighted by atomic mass is 32.1. The molecule has 1 saturated heterocycles. The lowest BCUT2D eigenvalue weighted by Crippen LogP contribution is -2.38. The Balaban J connectivity index is 1.43. The second-order valence-corrected chi connectivity index (χ2v) is 7.67. The van der Waals surface area contributed by atoms with E-state index in [0.717, 1.165) is 23.4 Å². The number of hydrogen-bond donors (Lipinski definition) is 2. The van der Waals surface area contributed by atoms with E-state index in [9.17, 15) is 14.7 Å². The van der Waals surface area contributed by atoms with E-state index in [0.29, 0.717) is 25.2 Å². The number of thiazole rings is 1. The summed E-state index contributed by atoms with van der Waals surface area (Å²) in [6.07, 6.45) is 4.25. The Kier molecular flexibility index (Phi) is 3.95. The highest BCUT2D eigenvalue weighted by Gasteiger charge is 2.55. The minimum Gasteiger partial charge on any atom is -0.481 e. The number of carbonyl (C=O) groups is 2. The molecule has 1 aliphatic carbocycles. The molecule has 6 nitrogen and oxygen atoms in total. The molecular weight excluding hydrogens is 338 g/mol. The van der Waals surface area contributed by atoms with E-state index in [1.807, 2.05) is 29.6 Å². The molecule has 2 heterocycles. The van der Waals surface area contributed by atoms with Crippen molar-refractivity contribution in [1.82, 2.24) is 9.88 Å². The lowest BCUT2D eigenvalue weighted by Gasteiger charge is -2.23. The number of likely N-dealkylation sites (tertiary alicyclic amines) is 1.